The Hall–Kier alpha value is -3.96. The summed E-state index contributed by atoms with van der Waals surface area (Å²) in [4.78, 5) is 36.2. The third-order valence-corrected chi connectivity index (χ3v) is 4.36. The minimum atomic E-state index is -0.357. The molecule has 0 aliphatic carbocycles. The number of rotatable bonds is 12. The van der Waals surface area contributed by atoms with Gasteiger partial charge in [0, 0.05) is 12.2 Å². The van der Waals surface area contributed by atoms with Gasteiger partial charge in [-0.3, -0.25) is 9.59 Å². The first-order valence-electron chi connectivity index (χ1n) is 9.86. The van der Waals surface area contributed by atoms with Crippen molar-refractivity contribution in [1.82, 2.24) is 15.3 Å². The molecule has 32 heavy (non-hydrogen) atoms. The van der Waals surface area contributed by atoms with Crippen LogP contribution in [0, 0.1) is 6.92 Å². The number of H-pyrrole nitrogens is 1. The van der Waals surface area contributed by atoms with Crippen LogP contribution in [0.1, 0.15) is 17.0 Å². The van der Waals surface area contributed by atoms with Gasteiger partial charge in [0.2, 0.25) is 11.9 Å². The number of guanidine groups is 1. The van der Waals surface area contributed by atoms with E-state index >= 15 is 0 Å². The summed E-state index contributed by atoms with van der Waals surface area (Å²) in [6.07, 6.45) is 0.621. The van der Waals surface area contributed by atoms with Crippen LogP contribution in [0.15, 0.2) is 28.1 Å². The van der Waals surface area contributed by atoms with E-state index in [0.29, 0.717) is 35.9 Å². The molecule has 1 aromatic carbocycles. The van der Waals surface area contributed by atoms with E-state index < -0.39 is 0 Å². The fraction of sp³-hybridized carbons (Fsp3) is 0.400. The molecule has 12 nitrogen and oxygen atoms in total. The maximum atomic E-state index is 12.2. The van der Waals surface area contributed by atoms with E-state index in [9.17, 15) is 9.59 Å². The Morgan fingerprint density at radius 2 is 1.94 bits per heavy atom. The average Bonchev–Trinajstić information content (AvgIpc) is 2.76. The number of aromatic amines is 1. The molecular weight excluding hydrogens is 418 g/mol. The van der Waals surface area contributed by atoms with Crippen molar-refractivity contribution >= 4 is 17.7 Å². The Morgan fingerprint density at radius 3 is 2.62 bits per heavy atom. The molecule has 0 fully saturated rings. The number of anilines is 1. The summed E-state index contributed by atoms with van der Waals surface area (Å²) in [5.41, 5.74) is 11.9. The Labute approximate surface area is 185 Å². The summed E-state index contributed by atoms with van der Waals surface area (Å²) < 4.78 is 10.5. The summed E-state index contributed by atoms with van der Waals surface area (Å²) in [5.74, 6) is 0.947. The van der Waals surface area contributed by atoms with E-state index in [2.05, 4.69) is 25.8 Å². The van der Waals surface area contributed by atoms with E-state index in [-0.39, 0.29) is 42.8 Å². The average molecular weight is 447 g/mol. The molecule has 1 aromatic heterocycles. The monoisotopic (exact) mass is 447 g/mol. The number of ether oxygens (including phenoxy) is 2. The number of nitrogens with one attached hydrogen (secondary N) is 3. The number of oxime groups is 1. The highest BCUT2D eigenvalue weighted by atomic mass is 16.6. The van der Waals surface area contributed by atoms with Crippen LogP contribution in [0.5, 0.6) is 11.5 Å². The van der Waals surface area contributed by atoms with Gasteiger partial charge >= 0.3 is 0 Å². The Bertz CT molecular complexity index is 1000. The third-order valence-electron chi connectivity index (χ3n) is 4.36. The van der Waals surface area contributed by atoms with Crippen molar-refractivity contribution in [3.05, 3.63) is 45.5 Å². The van der Waals surface area contributed by atoms with Crippen LogP contribution in [0.2, 0.25) is 0 Å². The molecule has 0 radical (unpaired) electrons. The van der Waals surface area contributed by atoms with Crippen LogP contribution in [-0.4, -0.2) is 55.8 Å². The van der Waals surface area contributed by atoms with Gasteiger partial charge in [0.1, 0.15) is 6.61 Å². The van der Waals surface area contributed by atoms with Crippen molar-refractivity contribution < 1.29 is 19.1 Å². The third kappa shape index (κ3) is 7.38. The molecule has 0 unspecified atom stereocenters. The predicted octanol–water partition coefficient (Wildman–Crippen LogP) is -0.386. The lowest BCUT2D eigenvalue weighted by Gasteiger charge is -2.11. The molecule has 7 N–H and O–H groups in total. The SMILES string of the molecule is COc1ccc(CCNc2nc(CC(=O)NCCON=C(N)N)c(C)[nH]c2=O)cc1OC. The van der Waals surface area contributed by atoms with Crippen LogP contribution >= 0.6 is 0 Å². The lowest BCUT2D eigenvalue weighted by Crippen LogP contribution is -2.30. The highest BCUT2D eigenvalue weighted by molar-refractivity contribution is 5.78. The normalized spacial score (nSPS) is 10.2. The maximum Gasteiger partial charge on any atom is 0.290 e. The van der Waals surface area contributed by atoms with E-state index in [1.807, 2.05) is 18.2 Å². The minimum Gasteiger partial charge on any atom is -0.493 e. The highest BCUT2D eigenvalue weighted by Gasteiger charge is 2.12. The van der Waals surface area contributed by atoms with Crippen molar-refractivity contribution in [2.45, 2.75) is 19.8 Å². The van der Waals surface area contributed by atoms with Crippen molar-refractivity contribution in [2.75, 3.05) is 39.2 Å². The van der Waals surface area contributed by atoms with E-state index in [0.717, 1.165) is 5.56 Å². The first-order valence-corrected chi connectivity index (χ1v) is 9.86. The Kier molecular flexibility index (Phi) is 9.14. The first-order chi connectivity index (χ1) is 15.3. The lowest BCUT2D eigenvalue weighted by atomic mass is 10.1. The van der Waals surface area contributed by atoms with Gasteiger partial charge in [-0.2, -0.15) is 0 Å². The largest absolute Gasteiger partial charge is 0.493 e. The van der Waals surface area contributed by atoms with Crippen molar-refractivity contribution in [3.8, 4) is 11.5 Å². The number of hydrogen-bond acceptors (Lipinski definition) is 8. The number of nitrogens with two attached hydrogens (primary N) is 2. The zero-order valence-corrected chi connectivity index (χ0v) is 18.4. The second kappa shape index (κ2) is 12.0. The number of carbonyl (C=O) groups excluding carboxylic acids is 1. The summed E-state index contributed by atoms with van der Waals surface area (Å²) in [7, 11) is 3.15. The van der Waals surface area contributed by atoms with E-state index in [1.54, 1.807) is 21.1 Å². The fourth-order valence-electron chi connectivity index (χ4n) is 2.80. The second-order valence-corrected chi connectivity index (χ2v) is 6.73. The number of benzene rings is 1. The molecule has 2 rings (SSSR count). The molecule has 174 valence electrons. The second-order valence-electron chi connectivity index (χ2n) is 6.73. The molecule has 12 heteroatoms. The first kappa shape index (κ1) is 24.3. The smallest absolute Gasteiger partial charge is 0.290 e. The number of carbonyl (C=O) groups is 1. The number of aromatic nitrogens is 2. The van der Waals surface area contributed by atoms with Crippen LogP contribution in [0.4, 0.5) is 5.82 Å². The molecule has 0 aliphatic heterocycles. The van der Waals surface area contributed by atoms with E-state index in [1.165, 1.54) is 0 Å². The molecule has 0 spiro atoms. The molecule has 0 bridgehead atoms. The van der Waals surface area contributed by atoms with Crippen LogP contribution in [0.3, 0.4) is 0 Å². The topological polar surface area (TPSA) is 179 Å². The van der Waals surface area contributed by atoms with Gasteiger partial charge in [0.05, 0.1) is 32.9 Å². The number of methoxy groups -OCH3 is 2. The minimum absolute atomic E-state index is 0.00469. The van der Waals surface area contributed by atoms with Crippen LogP contribution in [0.25, 0.3) is 0 Å². The van der Waals surface area contributed by atoms with Gasteiger partial charge in [-0.25, -0.2) is 4.98 Å². The Morgan fingerprint density at radius 1 is 1.19 bits per heavy atom. The summed E-state index contributed by atoms with van der Waals surface area (Å²) in [6.45, 7) is 2.48. The lowest BCUT2D eigenvalue weighted by molar-refractivity contribution is -0.120. The van der Waals surface area contributed by atoms with Gasteiger partial charge < -0.3 is 41.4 Å². The standard InChI is InChI=1S/C20H29N7O5/c1-12-14(11-17(28)23-8-9-32-27-20(21)22)26-18(19(29)25-12)24-7-6-13-4-5-15(30-2)16(10-13)31-3/h4-5,10H,6-9,11H2,1-3H3,(H,23,28)(H,24,26)(H,25,29)(H4,21,22,27). The van der Waals surface area contributed by atoms with Gasteiger partial charge in [-0.15, -0.1) is 0 Å². The molecule has 1 amide bonds. The van der Waals surface area contributed by atoms with Crippen molar-refractivity contribution in [3.63, 3.8) is 0 Å². The zero-order chi connectivity index (χ0) is 23.5. The molecule has 1 heterocycles. The fourth-order valence-corrected chi connectivity index (χ4v) is 2.80. The summed E-state index contributed by atoms with van der Waals surface area (Å²) >= 11 is 0. The van der Waals surface area contributed by atoms with Crippen LogP contribution < -0.4 is 37.1 Å². The number of aryl methyl sites for hydroxylation is 1. The summed E-state index contributed by atoms with van der Waals surface area (Å²) in [6, 6.07) is 5.62. The number of hydrogen-bond donors (Lipinski definition) is 5. The summed E-state index contributed by atoms with van der Waals surface area (Å²) in [5, 5.41) is 9.04. The molecular formula is C20H29N7O5. The quantitative estimate of drug-likeness (QED) is 0.125. The zero-order valence-electron chi connectivity index (χ0n) is 18.4. The number of nitrogens with zero attached hydrogens (tertiary/aromatic N) is 2. The molecule has 0 saturated heterocycles. The van der Waals surface area contributed by atoms with E-state index in [4.69, 9.17) is 25.8 Å². The molecule has 0 aliphatic rings. The van der Waals surface area contributed by atoms with Crippen LogP contribution in [-0.2, 0) is 22.5 Å². The molecule has 0 saturated carbocycles. The van der Waals surface area contributed by atoms with Crippen molar-refractivity contribution in [2.24, 2.45) is 16.6 Å². The maximum absolute atomic E-state index is 12.2. The predicted molar refractivity (Wildman–Crippen MR) is 120 cm³/mol. The van der Waals surface area contributed by atoms with Gasteiger partial charge in [0.25, 0.3) is 5.56 Å². The highest BCUT2D eigenvalue weighted by Crippen LogP contribution is 2.27. The molecule has 2 aromatic rings. The van der Waals surface area contributed by atoms with Gasteiger partial charge in [-0.1, -0.05) is 6.07 Å². The molecule has 0 atom stereocenters. The Balaban J connectivity index is 1.93. The number of amides is 1. The van der Waals surface area contributed by atoms with Gasteiger partial charge in [0.15, 0.2) is 17.3 Å². The van der Waals surface area contributed by atoms with Crippen molar-refractivity contribution in [1.29, 1.82) is 0 Å². The van der Waals surface area contributed by atoms with Gasteiger partial charge in [-0.05, 0) is 36.2 Å².